The third kappa shape index (κ3) is 4.81. The predicted molar refractivity (Wildman–Crippen MR) is 97.3 cm³/mol. The highest BCUT2D eigenvalue weighted by Gasteiger charge is 2.36. The monoisotopic (exact) mass is 349 g/mol. The van der Waals surface area contributed by atoms with Crippen molar-refractivity contribution in [2.75, 3.05) is 26.7 Å². The molecule has 7 heteroatoms. The third-order valence-electron chi connectivity index (χ3n) is 4.90. The topological polar surface area (TPSA) is 79.3 Å². The summed E-state index contributed by atoms with van der Waals surface area (Å²) in [5, 5.41) is 10.2. The fourth-order valence-electron chi connectivity index (χ4n) is 3.48. The maximum Gasteiger partial charge on any atom is 0.255 e. The lowest BCUT2D eigenvalue weighted by molar-refractivity contribution is -0.121. The molecule has 1 fully saturated rings. The Morgan fingerprint density at radius 2 is 2.08 bits per heavy atom. The molecule has 2 amide bonds. The lowest BCUT2D eigenvalue weighted by Crippen LogP contribution is -2.42. The van der Waals surface area contributed by atoms with Gasteiger partial charge in [0, 0.05) is 38.9 Å². The average Bonchev–Trinajstić information content (AvgIpc) is 3.11. The van der Waals surface area contributed by atoms with E-state index in [0.29, 0.717) is 30.5 Å². The molecule has 2 atom stereocenters. The molecule has 1 aromatic rings. The van der Waals surface area contributed by atoms with Crippen LogP contribution in [-0.4, -0.2) is 59.2 Å². The molecule has 2 N–H and O–H groups in total. The number of hydrogen-bond donors (Lipinski definition) is 2. The lowest BCUT2D eigenvalue weighted by atomic mass is 9.91. The lowest BCUT2D eigenvalue weighted by Gasteiger charge is -2.22. The molecule has 7 nitrogen and oxygen atoms in total. The van der Waals surface area contributed by atoms with E-state index < -0.39 is 0 Å². The summed E-state index contributed by atoms with van der Waals surface area (Å²) in [7, 11) is 1.65. The summed E-state index contributed by atoms with van der Waals surface area (Å²) >= 11 is 0. The Kier molecular flexibility index (Phi) is 6.58. The van der Waals surface area contributed by atoms with Crippen LogP contribution < -0.4 is 10.6 Å². The minimum Gasteiger partial charge on any atom is -0.358 e. The van der Waals surface area contributed by atoms with Gasteiger partial charge in [-0.2, -0.15) is 5.10 Å². The molecular formula is C18H31N5O2. The maximum absolute atomic E-state index is 12.7. The van der Waals surface area contributed by atoms with Crippen LogP contribution in [0.15, 0.2) is 6.20 Å². The van der Waals surface area contributed by atoms with Crippen LogP contribution in [0.5, 0.6) is 0 Å². The van der Waals surface area contributed by atoms with Crippen molar-refractivity contribution >= 4 is 11.8 Å². The molecule has 140 valence electrons. The van der Waals surface area contributed by atoms with Crippen molar-refractivity contribution in [3.8, 4) is 0 Å². The molecule has 0 spiro atoms. The number of likely N-dealkylation sites (N-methyl/N-ethyl adjacent to an activating group) is 1. The van der Waals surface area contributed by atoms with Gasteiger partial charge in [-0.15, -0.1) is 0 Å². The van der Waals surface area contributed by atoms with E-state index in [1.165, 1.54) is 0 Å². The quantitative estimate of drug-likeness (QED) is 0.771. The van der Waals surface area contributed by atoms with E-state index in [9.17, 15) is 9.59 Å². The first-order chi connectivity index (χ1) is 11.8. The van der Waals surface area contributed by atoms with Crippen LogP contribution in [-0.2, 0) is 11.3 Å². The van der Waals surface area contributed by atoms with E-state index in [2.05, 4.69) is 41.4 Å². The Labute approximate surface area is 150 Å². The zero-order valence-corrected chi connectivity index (χ0v) is 16.0. The van der Waals surface area contributed by atoms with E-state index in [4.69, 9.17) is 0 Å². The number of likely N-dealkylation sites (tertiary alicyclic amines) is 1. The second kappa shape index (κ2) is 8.47. The van der Waals surface area contributed by atoms with Gasteiger partial charge in [0.1, 0.15) is 0 Å². The molecular weight excluding hydrogens is 318 g/mol. The van der Waals surface area contributed by atoms with Crippen LogP contribution in [0.3, 0.4) is 0 Å². The smallest absolute Gasteiger partial charge is 0.255 e. The van der Waals surface area contributed by atoms with Gasteiger partial charge in [-0.25, -0.2) is 0 Å². The van der Waals surface area contributed by atoms with Gasteiger partial charge in [-0.1, -0.05) is 20.8 Å². The Balaban J connectivity index is 2.06. The van der Waals surface area contributed by atoms with Crippen molar-refractivity contribution in [1.29, 1.82) is 0 Å². The first kappa shape index (κ1) is 19.4. The number of hydrogen-bond acceptors (Lipinski definition) is 4. The van der Waals surface area contributed by atoms with Gasteiger partial charge in [0.25, 0.3) is 5.91 Å². The van der Waals surface area contributed by atoms with Crippen LogP contribution in [0.2, 0.25) is 0 Å². The zero-order chi connectivity index (χ0) is 18.6. The first-order valence-corrected chi connectivity index (χ1v) is 9.13. The van der Waals surface area contributed by atoms with E-state index in [1.54, 1.807) is 7.05 Å². The molecule has 2 rings (SSSR count). The molecule has 1 saturated heterocycles. The van der Waals surface area contributed by atoms with E-state index >= 15 is 0 Å². The molecule has 0 saturated carbocycles. The molecule has 2 heterocycles. The highest BCUT2D eigenvalue weighted by molar-refractivity contribution is 5.95. The maximum atomic E-state index is 12.7. The Bertz CT molecular complexity index is 611. The standard InChI is InChI=1S/C18H31N5O2/c1-6-7-23-9-15(13(4)21-23)18(25)20-16-10-22(11-17(24)19-5)8-14(16)12(2)3/h9,12,14,16H,6-8,10-11H2,1-5H3,(H,19,24)(H,20,25)/t14-,16+/m0/s1. The SMILES string of the molecule is CCCn1cc(C(=O)N[C@@H]2CN(CC(=O)NC)C[C@H]2C(C)C)c(C)n1. The third-order valence-corrected chi connectivity index (χ3v) is 4.90. The number of amides is 2. The number of aromatic nitrogens is 2. The van der Waals surface area contributed by atoms with Crippen molar-refractivity contribution in [2.24, 2.45) is 11.8 Å². The predicted octanol–water partition coefficient (Wildman–Crippen LogP) is 1.03. The van der Waals surface area contributed by atoms with Gasteiger partial charge < -0.3 is 10.6 Å². The number of nitrogens with zero attached hydrogens (tertiary/aromatic N) is 3. The largest absolute Gasteiger partial charge is 0.358 e. The summed E-state index contributed by atoms with van der Waals surface area (Å²) in [6.45, 7) is 11.0. The average molecular weight is 349 g/mol. The number of nitrogens with one attached hydrogen (secondary N) is 2. The molecule has 25 heavy (non-hydrogen) atoms. The summed E-state index contributed by atoms with van der Waals surface area (Å²) in [6.07, 6.45) is 2.81. The zero-order valence-electron chi connectivity index (χ0n) is 16.0. The molecule has 0 radical (unpaired) electrons. The Morgan fingerprint density at radius 3 is 2.68 bits per heavy atom. The molecule has 0 bridgehead atoms. The van der Waals surface area contributed by atoms with Crippen molar-refractivity contribution in [2.45, 2.75) is 46.7 Å². The minimum absolute atomic E-state index is 0.00571. The summed E-state index contributed by atoms with van der Waals surface area (Å²) in [5.74, 6) is 0.701. The normalized spacial score (nSPS) is 20.9. The van der Waals surface area contributed by atoms with E-state index in [0.717, 1.165) is 25.2 Å². The van der Waals surface area contributed by atoms with Gasteiger partial charge in [-0.3, -0.25) is 19.2 Å². The van der Waals surface area contributed by atoms with E-state index in [-0.39, 0.29) is 17.9 Å². The van der Waals surface area contributed by atoms with Crippen molar-refractivity contribution in [3.05, 3.63) is 17.5 Å². The molecule has 0 aliphatic carbocycles. The number of aryl methyl sites for hydroxylation is 2. The summed E-state index contributed by atoms with van der Waals surface area (Å²) in [4.78, 5) is 26.5. The molecule has 1 aliphatic heterocycles. The van der Waals surface area contributed by atoms with Crippen LogP contribution >= 0.6 is 0 Å². The number of carbonyl (C=O) groups excluding carboxylic acids is 2. The highest BCUT2D eigenvalue weighted by Crippen LogP contribution is 2.24. The molecule has 1 aromatic heterocycles. The van der Waals surface area contributed by atoms with E-state index in [1.807, 2.05) is 17.8 Å². The Morgan fingerprint density at radius 1 is 1.36 bits per heavy atom. The van der Waals surface area contributed by atoms with Crippen LogP contribution in [0.1, 0.15) is 43.2 Å². The van der Waals surface area contributed by atoms with Crippen molar-refractivity contribution < 1.29 is 9.59 Å². The van der Waals surface area contributed by atoms with Gasteiger partial charge in [-0.05, 0) is 25.2 Å². The first-order valence-electron chi connectivity index (χ1n) is 9.13. The van der Waals surface area contributed by atoms with Crippen LogP contribution in [0.25, 0.3) is 0 Å². The summed E-state index contributed by atoms with van der Waals surface area (Å²) in [6, 6.07) is 0.0473. The minimum atomic E-state index is -0.0719. The van der Waals surface area contributed by atoms with Crippen molar-refractivity contribution in [1.82, 2.24) is 25.3 Å². The van der Waals surface area contributed by atoms with Gasteiger partial charge in [0.05, 0.1) is 17.8 Å². The molecule has 0 unspecified atom stereocenters. The highest BCUT2D eigenvalue weighted by atomic mass is 16.2. The Hall–Kier alpha value is -1.89. The van der Waals surface area contributed by atoms with Crippen molar-refractivity contribution in [3.63, 3.8) is 0 Å². The van der Waals surface area contributed by atoms with Crippen LogP contribution in [0, 0.1) is 18.8 Å². The van der Waals surface area contributed by atoms with Gasteiger partial charge >= 0.3 is 0 Å². The summed E-state index contributed by atoms with van der Waals surface area (Å²) < 4.78 is 1.83. The second-order valence-electron chi connectivity index (χ2n) is 7.25. The summed E-state index contributed by atoms with van der Waals surface area (Å²) in [5.41, 5.74) is 1.40. The van der Waals surface area contributed by atoms with Gasteiger partial charge in [0.15, 0.2) is 0 Å². The fourth-order valence-corrected chi connectivity index (χ4v) is 3.48. The second-order valence-corrected chi connectivity index (χ2v) is 7.25. The molecule has 1 aliphatic rings. The van der Waals surface area contributed by atoms with Gasteiger partial charge in [0.2, 0.25) is 5.91 Å². The molecule has 0 aromatic carbocycles. The fraction of sp³-hybridized carbons (Fsp3) is 0.722. The number of rotatable bonds is 7. The van der Waals surface area contributed by atoms with Crippen LogP contribution in [0.4, 0.5) is 0 Å². The number of carbonyl (C=O) groups is 2.